The van der Waals surface area contributed by atoms with Gasteiger partial charge in [-0.3, -0.25) is 9.69 Å². The molecule has 2 saturated heterocycles. The average molecular weight is 288 g/mol. The Labute approximate surface area is 122 Å². The Morgan fingerprint density at radius 3 is 2.21 bits per heavy atom. The highest BCUT2D eigenvalue weighted by atomic mass is 35.5. The Kier molecular flexibility index (Phi) is 5.48. The molecule has 3 fully saturated rings. The Balaban J connectivity index is 0.00000133. The molecule has 110 valence electrons. The Bertz CT molecular complexity index is 295. The number of nitrogens with zero attached hydrogens (tertiary/aromatic N) is 2. The minimum absolute atomic E-state index is 0. The molecule has 3 rings (SSSR count). The average Bonchev–Trinajstić information content (AvgIpc) is 3.24. The predicted octanol–water partition coefficient (Wildman–Crippen LogP) is 0.962. The van der Waals surface area contributed by atoms with E-state index in [-0.39, 0.29) is 12.4 Å². The third-order valence-electron chi connectivity index (χ3n) is 4.59. The van der Waals surface area contributed by atoms with Gasteiger partial charge in [-0.1, -0.05) is 0 Å². The third kappa shape index (κ3) is 4.07. The van der Waals surface area contributed by atoms with Gasteiger partial charge >= 0.3 is 0 Å². The monoisotopic (exact) mass is 287 g/mol. The molecule has 0 atom stereocenters. The Morgan fingerprint density at radius 1 is 1.00 bits per heavy atom. The number of hydrogen-bond donors (Lipinski definition) is 1. The van der Waals surface area contributed by atoms with Crippen molar-refractivity contribution >= 4 is 18.3 Å². The summed E-state index contributed by atoms with van der Waals surface area (Å²) in [5.41, 5.74) is 0. The molecule has 1 amide bonds. The van der Waals surface area contributed by atoms with Crippen LogP contribution in [0.1, 0.15) is 25.7 Å². The predicted molar refractivity (Wildman–Crippen MR) is 78.6 cm³/mol. The van der Waals surface area contributed by atoms with Crippen LogP contribution in [-0.4, -0.2) is 61.5 Å². The molecule has 3 aliphatic rings. The van der Waals surface area contributed by atoms with Gasteiger partial charge in [0.2, 0.25) is 5.91 Å². The van der Waals surface area contributed by atoms with Gasteiger partial charge in [0.05, 0.1) is 0 Å². The van der Waals surface area contributed by atoms with Gasteiger partial charge in [-0.2, -0.15) is 0 Å². The second kappa shape index (κ2) is 6.91. The molecular weight excluding hydrogens is 262 g/mol. The Hall–Kier alpha value is -0.320. The maximum absolute atomic E-state index is 12.4. The van der Waals surface area contributed by atoms with Gasteiger partial charge in [-0.25, -0.2) is 0 Å². The lowest BCUT2D eigenvalue weighted by atomic mass is 9.96. The summed E-state index contributed by atoms with van der Waals surface area (Å²) >= 11 is 0. The maximum Gasteiger partial charge on any atom is 0.225 e. The molecule has 2 aliphatic heterocycles. The largest absolute Gasteiger partial charge is 0.340 e. The minimum atomic E-state index is 0. The summed E-state index contributed by atoms with van der Waals surface area (Å²) in [6.07, 6.45) is 4.91. The first-order chi connectivity index (χ1) is 8.83. The van der Waals surface area contributed by atoms with Crippen molar-refractivity contribution in [3.8, 4) is 0 Å². The van der Waals surface area contributed by atoms with Gasteiger partial charge in [0.15, 0.2) is 0 Å². The van der Waals surface area contributed by atoms with Crippen molar-refractivity contribution in [1.29, 1.82) is 0 Å². The van der Waals surface area contributed by atoms with Crippen LogP contribution in [0.4, 0.5) is 0 Å². The second-order valence-corrected chi connectivity index (χ2v) is 6.09. The lowest BCUT2D eigenvalue weighted by molar-refractivity contribution is -0.138. The molecule has 0 aromatic heterocycles. The zero-order valence-electron chi connectivity index (χ0n) is 11.6. The molecule has 1 aliphatic carbocycles. The van der Waals surface area contributed by atoms with Crippen LogP contribution >= 0.6 is 12.4 Å². The summed E-state index contributed by atoms with van der Waals surface area (Å²) in [6, 6.07) is 0. The zero-order chi connectivity index (χ0) is 12.4. The fourth-order valence-corrected chi connectivity index (χ4v) is 3.14. The number of piperazine rings is 1. The number of carbonyl (C=O) groups is 1. The number of piperidine rings is 1. The third-order valence-corrected chi connectivity index (χ3v) is 4.59. The lowest BCUT2D eigenvalue weighted by Crippen LogP contribution is -2.51. The first kappa shape index (κ1) is 15.1. The van der Waals surface area contributed by atoms with Crippen LogP contribution < -0.4 is 5.32 Å². The van der Waals surface area contributed by atoms with Crippen LogP contribution in [-0.2, 0) is 4.79 Å². The molecule has 0 aromatic rings. The molecule has 1 N–H and O–H groups in total. The molecule has 0 unspecified atom stereocenters. The van der Waals surface area contributed by atoms with Crippen molar-refractivity contribution in [2.45, 2.75) is 25.7 Å². The summed E-state index contributed by atoms with van der Waals surface area (Å²) in [7, 11) is 0. The van der Waals surface area contributed by atoms with Crippen LogP contribution in [0.25, 0.3) is 0 Å². The normalized spacial score (nSPS) is 26.0. The van der Waals surface area contributed by atoms with Crippen LogP contribution in [0.15, 0.2) is 0 Å². The van der Waals surface area contributed by atoms with Gasteiger partial charge in [-0.15, -0.1) is 12.4 Å². The van der Waals surface area contributed by atoms with Crippen molar-refractivity contribution in [3.05, 3.63) is 0 Å². The number of carbonyl (C=O) groups excluding carboxylic acids is 1. The minimum Gasteiger partial charge on any atom is -0.340 e. The van der Waals surface area contributed by atoms with Crippen molar-refractivity contribution in [2.24, 2.45) is 11.8 Å². The van der Waals surface area contributed by atoms with Gasteiger partial charge in [0.1, 0.15) is 0 Å². The smallest absolute Gasteiger partial charge is 0.225 e. The molecule has 0 spiro atoms. The number of rotatable bonds is 3. The van der Waals surface area contributed by atoms with E-state index >= 15 is 0 Å². The van der Waals surface area contributed by atoms with E-state index in [1.807, 2.05) is 0 Å². The lowest BCUT2D eigenvalue weighted by Gasteiger charge is -2.37. The van der Waals surface area contributed by atoms with Crippen LogP contribution in [0.5, 0.6) is 0 Å². The van der Waals surface area contributed by atoms with E-state index in [0.717, 1.165) is 58.0 Å². The quantitative estimate of drug-likeness (QED) is 0.840. The highest BCUT2D eigenvalue weighted by Gasteiger charge is 2.30. The van der Waals surface area contributed by atoms with Crippen molar-refractivity contribution in [1.82, 2.24) is 15.1 Å². The van der Waals surface area contributed by atoms with Crippen LogP contribution in [0, 0.1) is 11.8 Å². The van der Waals surface area contributed by atoms with Crippen LogP contribution in [0.2, 0.25) is 0 Å². The topological polar surface area (TPSA) is 35.6 Å². The highest BCUT2D eigenvalue weighted by molar-refractivity contribution is 5.85. The molecule has 19 heavy (non-hydrogen) atoms. The van der Waals surface area contributed by atoms with E-state index in [9.17, 15) is 4.79 Å². The summed E-state index contributed by atoms with van der Waals surface area (Å²) in [5.74, 6) is 1.68. The maximum atomic E-state index is 12.4. The van der Waals surface area contributed by atoms with E-state index in [1.54, 1.807) is 0 Å². The van der Waals surface area contributed by atoms with E-state index in [0.29, 0.717) is 11.8 Å². The fraction of sp³-hybridized carbons (Fsp3) is 0.929. The fourth-order valence-electron chi connectivity index (χ4n) is 3.14. The van der Waals surface area contributed by atoms with E-state index in [4.69, 9.17) is 0 Å². The first-order valence-electron chi connectivity index (χ1n) is 7.55. The standard InChI is InChI=1S/C14H25N3O.ClH/c18-14(13-3-5-15-6-4-13)17-9-7-16(8-10-17)11-12-1-2-12;/h12-13,15H,1-11H2;1H. The molecule has 0 aromatic carbocycles. The van der Waals surface area contributed by atoms with Gasteiger partial charge in [0.25, 0.3) is 0 Å². The van der Waals surface area contributed by atoms with Crippen LogP contribution in [0.3, 0.4) is 0 Å². The first-order valence-corrected chi connectivity index (χ1v) is 7.55. The highest BCUT2D eigenvalue weighted by Crippen LogP contribution is 2.30. The molecular formula is C14H26ClN3O. The molecule has 4 nitrogen and oxygen atoms in total. The summed E-state index contributed by atoms with van der Waals surface area (Å²) < 4.78 is 0. The Morgan fingerprint density at radius 2 is 1.63 bits per heavy atom. The zero-order valence-corrected chi connectivity index (χ0v) is 12.5. The van der Waals surface area contributed by atoms with Gasteiger partial charge < -0.3 is 10.2 Å². The SMILES string of the molecule is Cl.O=C(C1CCNCC1)N1CCN(CC2CC2)CC1. The van der Waals surface area contributed by atoms with Crippen molar-refractivity contribution in [3.63, 3.8) is 0 Å². The van der Waals surface area contributed by atoms with E-state index < -0.39 is 0 Å². The summed E-state index contributed by atoms with van der Waals surface area (Å²) in [4.78, 5) is 17.0. The number of halogens is 1. The van der Waals surface area contributed by atoms with E-state index in [1.165, 1.54) is 19.4 Å². The molecule has 1 saturated carbocycles. The number of hydrogen-bond acceptors (Lipinski definition) is 3. The van der Waals surface area contributed by atoms with Crippen molar-refractivity contribution in [2.75, 3.05) is 45.8 Å². The van der Waals surface area contributed by atoms with Gasteiger partial charge in [-0.05, 0) is 44.7 Å². The van der Waals surface area contributed by atoms with Gasteiger partial charge in [0, 0.05) is 38.6 Å². The summed E-state index contributed by atoms with van der Waals surface area (Å²) in [5, 5.41) is 3.33. The summed E-state index contributed by atoms with van der Waals surface area (Å²) in [6.45, 7) is 7.39. The molecule has 2 heterocycles. The molecule has 0 bridgehead atoms. The molecule has 0 radical (unpaired) electrons. The van der Waals surface area contributed by atoms with Crippen molar-refractivity contribution < 1.29 is 4.79 Å². The number of nitrogens with one attached hydrogen (secondary N) is 1. The molecule has 5 heteroatoms. The van der Waals surface area contributed by atoms with E-state index in [2.05, 4.69) is 15.1 Å². The second-order valence-electron chi connectivity index (χ2n) is 6.09. The number of amides is 1.